The van der Waals surface area contributed by atoms with E-state index in [4.69, 9.17) is 11.6 Å². The van der Waals surface area contributed by atoms with Crippen molar-refractivity contribution in [2.75, 3.05) is 11.9 Å². The fourth-order valence-corrected chi connectivity index (χ4v) is 3.44. The van der Waals surface area contributed by atoms with Gasteiger partial charge in [-0.25, -0.2) is 4.98 Å². The lowest BCUT2D eigenvalue weighted by Gasteiger charge is -2.31. The summed E-state index contributed by atoms with van der Waals surface area (Å²) < 4.78 is 0. The molecule has 2 aliphatic rings. The van der Waals surface area contributed by atoms with E-state index in [0.717, 1.165) is 12.8 Å². The maximum atomic E-state index is 12.3. The minimum absolute atomic E-state index is 0.108. The number of nitrogens with one attached hydrogen (secondary N) is 1. The van der Waals surface area contributed by atoms with Crippen LogP contribution in [-0.4, -0.2) is 34.3 Å². The lowest BCUT2D eigenvalue weighted by atomic mass is 9.94. The Balaban J connectivity index is 1.59. The highest BCUT2D eigenvalue weighted by atomic mass is 35.5. The van der Waals surface area contributed by atoms with Crippen molar-refractivity contribution in [3.05, 3.63) is 23.4 Å². The average molecular weight is 322 g/mol. The zero-order valence-electron chi connectivity index (χ0n) is 12.4. The second kappa shape index (κ2) is 6.65. The summed E-state index contributed by atoms with van der Waals surface area (Å²) in [4.78, 5) is 30.5. The van der Waals surface area contributed by atoms with Crippen LogP contribution in [0.15, 0.2) is 18.3 Å². The maximum Gasteiger partial charge on any atom is 0.230 e. The summed E-state index contributed by atoms with van der Waals surface area (Å²) in [5, 5.41) is 3.29. The second-order valence-corrected chi connectivity index (χ2v) is 6.53. The molecule has 5 nitrogen and oxygen atoms in total. The first kappa shape index (κ1) is 15.3. The highest BCUT2D eigenvalue weighted by Gasteiger charge is 2.38. The molecule has 1 N–H and O–H groups in total. The molecular formula is C16H20ClN3O2. The molecule has 1 atom stereocenters. The summed E-state index contributed by atoms with van der Waals surface area (Å²) in [6.45, 7) is 0.531. The zero-order chi connectivity index (χ0) is 15.5. The number of pyridine rings is 1. The minimum atomic E-state index is -0.285. The van der Waals surface area contributed by atoms with Gasteiger partial charge in [0, 0.05) is 25.2 Å². The van der Waals surface area contributed by atoms with Crippen molar-refractivity contribution in [2.24, 2.45) is 5.92 Å². The van der Waals surface area contributed by atoms with Gasteiger partial charge in [-0.05, 0) is 25.0 Å². The smallest absolute Gasteiger partial charge is 0.230 e. The Hall–Kier alpha value is -1.62. The van der Waals surface area contributed by atoms with Gasteiger partial charge in [0.15, 0.2) is 0 Å². The Morgan fingerprint density at radius 3 is 2.73 bits per heavy atom. The quantitative estimate of drug-likeness (QED) is 0.931. The Morgan fingerprint density at radius 1 is 1.27 bits per heavy atom. The fourth-order valence-electron chi connectivity index (χ4n) is 3.33. The van der Waals surface area contributed by atoms with Gasteiger partial charge in [-0.2, -0.15) is 0 Å². The van der Waals surface area contributed by atoms with Gasteiger partial charge in [0.05, 0.1) is 10.9 Å². The van der Waals surface area contributed by atoms with Gasteiger partial charge >= 0.3 is 0 Å². The largest absolute Gasteiger partial charge is 0.339 e. The number of carbonyl (C=O) groups is 2. The van der Waals surface area contributed by atoms with E-state index >= 15 is 0 Å². The number of hydrogen-bond donors (Lipinski definition) is 1. The molecule has 1 saturated heterocycles. The van der Waals surface area contributed by atoms with E-state index in [-0.39, 0.29) is 17.7 Å². The summed E-state index contributed by atoms with van der Waals surface area (Å²) in [5.74, 6) is 0.155. The normalized spacial score (nSPS) is 22.9. The van der Waals surface area contributed by atoms with Crippen LogP contribution < -0.4 is 5.32 Å². The van der Waals surface area contributed by atoms with Crippen molar-refractivity contribution in [1.29, 1.82) is 0 Å². The first-order chi connectivity index (χ1) is 10.6. The number of rotatable bonds is 3. The Labute approximate surface area is 135 Å². The second-order valence-electron chi connectivity index (χ2n) is 6.09. The van der Waals surface area contributed by atoms with E-state index in [1.165, 1.54) is 25.5 Å². The Kier molecular flexibility index (Phi) is 4.62. The van der Waals surface area contributed by atoms with Gasteiger partial charge in [0.1, 0.15) is 5.82 Å². The molecule has 2 amide bonds. The first-order valence-corrected chi connectivity index (χ1v) is 8.23. The Bertz CT molecular complexity index is 555. The number of nitrogens with zero attached hydrogens (tertiary/aromatic N) is 2. The molecular weight excluding hydrogens is 302 g/mol. The molecule has 118 valence electrons. The van der Waals surface area contributed by atoms with E-state index < -0.39 is 0 Å². The number of hydrogen-bond acceptors (Lipinski definition) is 3. The van der Waals surface area contributed by atoms with E-state index in [9.17, 15) is 9.59 Å². The molecule has 0 aromatic carbocycles. The SMILES string of the molecule is O=C(Nc1ccc(Cl)cn1)C1CC(=O)N(C2CCCCC2)C1. The number of anilines is 1. The molecule has 2 fully saturated rings. The summed E-state index contributed by atoms with van der Waals surface area (Å²) in [5.41, 5.74) is 0. The summed E-state index contributed by atoms with van der Waals surface area (Å²) in [6, 6.07) is 3.67. The lowest BCUT2D eigenvalue weighted by molar-refractivity contribution is -0.130. The van der Waals surface area contributed by atoms with Crippen LogP contribution in [0, 0.1) is 5.92 Å². The topological polar surface area (TPSA) is 62.3 Å². The number of aromatic nitrogens is 1. The fraction of sp³-hybridized carbons (Fsp3) is 0.562. The van der Waals surface area contributed by atoms with E-state index in [1.807, 2.05) is 4.90 Å². The monoisotopic (exact) mass is 321 g/mol. The highest BCUT2D eigenvalue weighted by molar-refractivity contribution is 6.30. The van der Waals surface area contributed by atoms with Crippen molar-refractivity contribution < 1.29 is 9.59 Å². The standard InChI is InChI=1S/C16H20ClN3O2/c17-12-6-7-14(18-9-12)19-16(22)11-8-15(21)20(10-11)13-4-2-1-3-5-13/h6-7,9,11,13H,1-5,8,10H2,(H,18,19,22). The molecule has 1 aromatic heterocycles. The molecule has 1 aromatic rings. The average Bonchev–Trinajstić information content (AvgIpc) is 2.92. The number of carbonyl (C=O) groups excluding carboxylic acids is 2. The van der Waals surface area contributed by atoms with Crippen LogP contribution >= 0.6 is 11.6 Å². The van der Waals surface area contributed by atoms with Crippen molar-refractivity contribution in [1.82, 2.24) is 9.88 Å². The molecule has 2 heterocycles. The molecule has 0 bridgehead atoms. The van der Waals surface area contributed by atoms with Gasteiger partial charge in [0.2, 0.25) is 11.8 Å². The Morgan fingerprint density at radius 2 is 2.05 bits per heavy atom. The van der Waals surface area contributed by atoms with Gasteiger partial charge in [0.25, 0.3) is 0 Å². The van der Waals surface area contributed by atoms with Crippen LogP contribution in [0.4, 0.5) is 5.82 Å². The predicted octanol–water partition coefficient (Wildman–Crippen LogP) is 2.85. The predicted molar refractivity (Wildman–Crippen MR) is 84.6 cm³/mol. The molecule has 1 aliphatic carbocycles. The summed E-state index contributed by atoms with van der Waals surface area (Å²) in [7, 11) is 0. The molecule has 0 radical (unpaired) electrons. The van der Waals surface area contributed by atoms with Crippen molar-refractivity contribution in [3.63, 3.8) is 0 Å². The number of likely N-dealkylation sites (tertiary alicyclic amines) is 1. The number of amides is 2. The molecule has 1 saturated carbocycles. The summed E-state index contributed by atoms with van der Waals surface area (Å²) >= 11 is 5.77. The van der Waals surface area contributed by atoms with E-state index in [2.05, 4.69) is 10.3 Å². The minimum Gasteiger partial charge on any atom is -0.339 e. The van der Waals surface area contributed by atoms with Crippen molar-refractivity contribution in [3.8, 4) is 0 Å². The van der Waals surface area contributed by atoms with Crippen LogP contribution in [0.2, 0.25) is 5.02 Å². The highest BCUT2D eigenvalue weighted by Crippen LogP contribution is 2.29. The van der Waals surface area contributed by atoms with Crippen LogP contribution in [0.5, 0.6) is 0 Å². The third-order valence-corrected chi connectivity index (χ3v) is 4.75. The molecule has 0 spiro atoms. The molecule has 6 heteroatoms. The van der Waals surface area contributed by atoms with Crippen LogP contribution in [0.1, 0.15) is 38.5 Å². The van der Waals surface area contributed by atoms with Gasteiger partial charge in [-0.15, -0.1) is 0 Å². The van der Waals surface area contributed by atoms with Crippen molar-refractivity contribution in [2.45, 2.75) is 44.6 Å². The van der Waals surface area contributed by atoms with Crippen LogP contribution in [-0.2, 0) is 9.59 Å². The third kappa shape index (κ3) is 3.40. The van der Waals surface area contributed by atoms with Crippen molar-refractivity contribution >= 4 is 29.2 Å². The summed E-state index contributed by atoms with van der Waals surface area (Å²) in [6.07, 6.45) is 7.55. The molecule has 3 rings (SSSR count). The maximum absolute atomic E-state index is 12.3. The molecule has 22 heavy (non-hydrogen) atoms. The lowest BCUT2D eigenvalue weighted by Crippen LogP contribution is -2.38. The van der Waals surface area contributed by atoms with Crippen LogP contribution in [0.3, 0.4) is 0 Å². The van der Waals surface area contributed by atoms with Gasteiger partial charge in [-0.1, -0.05) is 30.9 Å². The van der Waals surface area contributed by atoms with E-state index in [1.54, 1.807) is 12.1 Å². The first-order valence-electron chi connectivity index (χ1n) is 7.85. The third-order valence-electron chi connectivity index (χ3n) is 4.52. The van der Waals surface area contributed by atoms with Gasteiger partial charge < -0.3 is 10.2 Å². The zero-order valence-corrected chi connectivity index (χ0v) is 13.2. The molecule has 1 aliphatic heterocycles. The number of halogens is 1. The molecule has 1 unspecified atom stereocenters. The van der Waals surface area contributed by atoms with Gasteiger partial charge in [-0.3, -0.25) is 9.59 Å². The van der Waals surface area contributed by atoms with Crippen LogP contribution in [0.25, 0.3) is 0 Å². The van der Waals surface area contributed by atoms with E-state index in [0.29, 0.717) is 29.8 Å².